The first kappa shape index (κ1) is 14.2. The van der Waals surface area contributed by atoms with Crippen molar-refractivity contribution in [2.24, 2.45) is 0 Å². The maximum absolute atomic E-state index is 6.08. The molecule has 0 bridgehead atoms. The van der Waals surface area contributed by atoms with Crippen LogP contribution in [0.2, 0.25) is 0 Å². The quantitative estimate of drug-likeness (QED) is 0.565. The number of benzene rings is 1. The average molecular weight is 366 g/mol. The van der Waals surface area contributed by atoms with Crippen molar-refractivity contribution in [3.63, 3.8) is 0 Å². The standard InChI is InChI=1S/C13H12BrN5OS/c1-8-6-9(20-18-8)7-21-13-17-16-12(19(13)15)10-4-2-3-5-11(10)14/h2-6H,7,15H2,1H3. The van der Waals surface area contributed by atoms with Crippen molar-refractivity contribution in [3.05, 3.63) is 46.3 Å². The molecule has 108 valence electrons. The molecule has 21 heavy (non-hydrogen) atoms. The Hall–Kier alpha value is -1.80. The van der Waals surface area contributed by atoms with Crippen LogP contribution >= 0.6 is 27.7 Å². The first-order valence-corrected chi connectivity index (χ1v) is 7.93. The van der Waals surface area contributed by atoms with Gasteiger partial charge in [-0.05, 0) is 19.1 Å². The van der Waals surface area contributed by atoms with Crippen molar-refractivity contribution in [2.75, 3.05) is 5.84 Å². The van der Waals surface area contributed by atoms with Crippen LogP contribution in [0.4, 0.5) is 0 Å². The van der Waals surface area contributed by atoms with E-state index in [1.807, 2.05) is 37.3 Å². The molecule has 0 radical (unpaired) electrons. The highest BCUT2D eigenvalue weighted by molar-refractivity contribution is 9.10. The SMILES string of the molecule is Cc1cc(CSc2nnc(-c3ccccc3Br)n2N)on1. The lowest BCUT2D eigenvalue weighted by Crippen LogP contribution is -2.11. The topological polar surface area (TPSA) is 82.8 Å². The summed E-state index contributed by atoms with van der Waals surface area (Å²) in [5, 5.41) is 12.7. The molecule has 8 heteroatoms. The molecule has 0 saturated carbocycles. The Morgan fingerprint density at radius 3 is 2.86 bits per heavy atom. The van der Waals surface area contributed by atoms with Crippen molar-refractivity contribution in [1.29, 1.82) is 0 Å². The molecule has 0 saturated heterocycles. The number of thioether (sulfide) groups is 1. The van der Waals surface area contributed by atoms with Crippen molar-refractivity contribution < 1.29 is 4.52 Å². The minimum Gasteiger partial charge on any atom is -0.360 e. The maximum Gasteiger partial charge on any atom is 0.210 e. The molecular weight excluding hydrogens is 354 g/mol. The second-order valence-electron chi connectivity index (χ2n) is 4.38. The molecule has 3 rings (SSSR count). The molecule has 0 spiro atoms. The predicted octanol–water partition coefficient (Wildman–Crippen LogP) is 3.01. The predicted molar refractivity (Wildman–Crippen MR) is 84.1 cm³/mol. The number of nitrogen functional groups attached to an aromatic ring is 1. The van der Waals surface area contributed by atoms with Crippen LogP contribution < -0.4 is 5.84 Å². The molecule has 6 nitrogen and oxygen atoms in total. The summed E-state index contributed by atoms with van der Waals surface area (Å²) in [5.41, 5.74) is 1.75. The number of nitrogens with zero attached hydrogens (tertiary/aromatic N) is 4. The molecular formula is C13H12BrN5OS. The van der Waals surface area contributed by atoms with Crippen LogP contribution in [0.3, 0.4) is 0 Å². The van der Waals surface area contributed by atoms with Gasteiger partial charge >= 0.3 is 0 Å². The van der Waals surface area contributed by atoms with E-state index < -0.39 is 0 Å². The van der Waals surface area contributed by atoms with Crippen LogP contribution in [0, 0.1) is 6.92 Å². The number of rotatable bonds is 4. The highest BCUT2D eigenvalue weighted by Gasteiger charge is 2.15. The molecule has 0 unspecified atom stereocenters. The Bertz CT molecular complexity index is 770. The summed E-state index contributed by atoms with van der Waals surface area (Å²) >= 11 is 4.94. The first-order valence-electron chi connectivity index (χ1n) is 6.15. The summed E-state index contributed by atoms with van der Waals surface area (Å²) < 4.78 is 7.56. The zero-order chi connectivity index (χ0) is 14.8. The highest BCUT2D eigenvalue weighted by atomic mass is 79.9. The van der Waals surface area contributed by atoms with Gasteiger partial charge in [0.1, 0.15) is 5.76 Å². The number of hydrogen-bond acceptors (Lipinski definition) is 6. The van der Waals surface area contributed by atoms with Gasteiger partial charge < -0.3 is 10.4 Å². The van der Waals surface area contributed by atoms with Crippen molar-refractivity contribution in [3.8, 4) is 11.4 Å². The average Bonchev–Trinajstić information content (AvgIpc) is 3.04. The molecule has 0 amide bonds. The Kier molecular flexibility index (Phi) is 3.98. The molecule has 0 aliphatic heterocycles. The maximum atomic E-state index is 6.08. The minimum absolute atomic E-state index is 0.603. The smallest absolute Gasteiger partial charge is 0.210 e. The Labute approximate surface area is 133 Å². The van der Waals surface area contributed by atoms with E-state index in [9.17, 15) is 0 Å². The third-order valence-electron chi connectivity index (χ3n) is 2.80. The molecule has 0 aliphatic carbocycles. The van der Waals surface area contributed by atoms with Crippen LogP contribution in [0.15, 0.2) is 44.5 Å². The summed E-state index contributed by atoms with van der Waals surface area (Å²) in [5.74, 6) is 8.07. The van der Waals surface area contributed by atoms with Crippen molar-refractivity contribution in [1.82, 2.24) is 20.0 Å². The second kappa shape index (κ2) is 5.90. The molecule has 3 aromatic rings. The largest absolute Gasteiger partial charge is 0.360 e. The van der Waals surface area contributed by atoms with Crippen LogP contribution in [0.25, 0.3) is 11.4 Å². The summed E-state index contributed by atoms with van der Waals surface area (Å²) in [6.45, 7) is 1.88. The summed E-state index contributed by atoms with van der Waals surface area (Å²) in [4.78, 5) is 0. The molecule has 2 heterocycles. The van der Waals surface area contributed by atoms with E-state index in [1.54, 1.807) is 0 Å². The molecule has 0 fully saturated rings. The Balaban J connectivity index is 1.81. The van der Waals surface area contributed by atoms with Crippen LogP contribution in [0.5, 0.6) is 0 Å². The van der Waals surface area contributed by atoms with Gasteiger partial charge in [-0.3, -0.25) is 0 Å². The van der Waals surface area contributed by atoms with E-state index in [2.05, 4.69) is 31.3 Å². The molecule has 0 aliphatic rings. The first-order chi connectivity index (χ1) is 10.1. The van der Waals surface area contributed by atoms with Crippen LogP contribution in [-0.4, -0.2) is 20.0 Å². The van der Waals surface area contributed by atoms with Crippen molar-refractivity contribution >= 4 is 27.7 Å². The molecule has 0 atom stereocenters. The molecule has 2 aromatic heterocycles. The lowest BCUT2D eigenvalue weighted by Gasteiger charge is -2.04. The zero-order valence-corrected chi connectivity index (χ0v) is 13.6. The van der Waals surface area contributed by atoms with E-state index >= 15 is 0 Å². The van der Waals surface area contributed by atoms with E-state index in [4.69, 9.17) is 10.4 Å². The van der Waals surface area contributed by atoms with Crippen LogP contribution in [0.1, 0.15) is 11.5 Å². The van der Waals surface area contributed by atoms with Gasteiger partial charge in [-0.15, -0.1) is 10.2 Å². The summed E-state index contributed by atoms with van der Waals surface area (Å²) in [6, 6.07) is 9.63. The highest BCUT2D eigenvalue weighted by Crippen LogP contribution is 2.28. The van der Waals surface area contributed by atoms with Gasteiger partial charge in [0.25, 0.3) is 0 Å². The minimum atomic E-state index is 0.603. The third-order valence-corrected chi connectivity index (χ3v) is 4.46. The fourth-order valence-corrected chi connectivity index (χ4v) is 3.02. The van der Waals surface area contributed by atoms with Gasteiger partial charge in [0.2, 0.25) is 5.16 Å². The monoisotopic (exact) mass is 365 g/mol. The van der Waals surface area contributed by atoms with E-state index in [-0.39, 0.29) is 0 Å². The fraction of sp³-hybridized carbons (Fsp3) is 0.154. The van der Waals surface area contributed by atoms with E-state index in [0.29, 0.717) is 16.7 Å². The number of halogens is 1. The van der Waals surface area contributed by atoms with E-state index in [0.717, 1.165) is 21.5 Å². The van der Waals surface area contributed by atoms with Gasteiger partial charge in [-0.1, -0.05) is 45.0 Å². The Morgan fingerprint density at radius 2 is 2.14 bits per heavy atom. The Morgan fingerprint density at radius 1 is 1.33 bits per heavy atom. The normalized spacial score (nSPS) is 11.0. The van der Waals surface area contributed by atoms with Gasteiger partial charge in [-0.25, -0.2) is 4.68 Å². The number of aromatic nitrogens is 4. The van der Waals surface area contributed by atoms with Gasteiger partial charge in [0.15, 0.2) is 5.82 Å². The van der Waals surface area contributed by atoms with Gasteiger partial charge in [0, 0.05) is 16.1 Å². The van der Waals surface area contributed by atoms with Gasteiger partial charge in [0.05, 0.1) is 11.4 Å². The van der Waals surface area contributed by atoms with Crippen molar-refractivity contribution in [2.45, 2.75) is 17.8 Å². The number of hydrogen-bond donors (Lipinski definition) is 1. The number of nitrogens with two attached hydrogens (primary N) is 1. The molecule has 2 N–H and O–H groups in total. The molecule has 1 aromatic carbocycles. The lowest BCUT2D eigenvalue weighted by molar-refractivity contribution is 0.391. The number of aryl methyl sites for hydroxylation is 1. The fourth-order valence-electron chi connectivity index (χ4n) is 1.82. The second-order valence-corrected chi connectivity index (χ2v) is 6.18. The summed E-state index contributed by atoms with van der Waals surface area (Å²) in [7, 11) is 0. The lowest BCUT2D eigenvalue weighted by atomic mass is 10.2. The van der Waals surface area contributed by atoms with Crippen LogP contribution in [-0.2, 0) is 5.75 Å². The third kappa shape index (κ3) is 2.96. The van der Waals surface area contributed by atoms with E-state index in [1.165, 1.54) is 16.4 Å². The zero-order valence-electron chi connectivity index (χ0n) is 11.2. The summed E-state index contributed by atoms with van der Waals surface area (Å²) in [6.07, 6.45) is 0. The van der Waals surface area contributed by atoms with Gasteiger partial charge in [-0.2, -0.15) is 0 Å².